The molecule has 40 heavy (non-hydrogen) atoms. The third kappa shape index (κ3) is 6.49. The number of carbonyl (C=O) groups excluding carboxylic acids is 3. The number of likely N-dealkylation sites (tertiary alicyclic amines) is 1. The maximum Gasteiger partial charge on any atom is 0.322 e. The molecule has 0 spiro atoms. The summed E-state index contributed by atoms with van der Waals surface area (Å²) < 4.78 is 11.0. The number of ether oxygens (including phenoxy) is 2. The minimum Gasteiger partial charge on any atom is -0.489 e. The molecule has 0 bridgehead atoms. The Balaban J connectivity index is 1.59. The first-order valence-electron chi connectivity index (χ1n) is 13.1. The molecular weight excluding hydrogens is 514 g/mol. The smallest absolute Gasteiger partial charge is 0.322 e. The fourth-order valence-electron chi connectivity index (χ4n) is 5.24. The van der Waals surface area contributed by atoms with E-state index in [4.69, 9.17) is 15.2 Å². The summed E-state index contributed by atoms with van der Waals surface area (Å²) in [7, 11) is 1.35. The van der Waals surface area contributed by atoms with E-state index in [0.717, 1.165) is 22.2 Å². The standard InChI is InChI=1S/C29H35N5O6/c1-18-14-20(22-6-4-5-7-24(22)31-18)17-40-21-8-9-23(27(30)36)25(15-21)32-29(16-26(35)33-38)10-12-34(13-11-29)19(2)28(37)39-3/h4-9,14-15,19,32,38H,10-13,16-17H2,1-3H3,(H2,30,36)(H,33,35)/t19-/m0/s1. The molecule has 2 heterocycles. The van der Waals surface area contributed by atoms with E-state index in [-0.39, 0.29) is 24.6 Å². The number of nitrogens with two attached hydrogens (primary N) is 1. The zero-order chi connectivity index (χ0) is 28.9. The number of esters is 1. The van der Waals surface area contributed by atoms with Gasteiger partial charge in [0, 0.05) is 41.3 Å². The van der Waals surface area contributed by atoms with E-state index in [1.54, 1.807) is 30.6 Å². The second-order valence-electron chi connectivity index (χ2n) is 10.2. The monoisotopic (exact) mass is 549 g/mol. The topological polar surface area (TPSA) is 156 Å². The van der Waals surface area contributed by atoms with Crippen LogP contribution in [0.4, 0.5) is 5.69 Å². The number of methoxy groups -OCH3 is 1. The Morgan fingerprint density at radius 3 is 2.55 bits per heavy atom. The second-order valence-corrected chi connectivity index (χ2v) is 10.2. The molecule has 0 saturated carbocycles. The molecule has 212 valence electrons. The fourth-order valence-corrected chi connectivity index (χ4v) is 5.24. The highest BCUT2D eigenvalue weighted by molar-refractivity contribution is 5.99. The second kappa shape index (κ2) is 12.3. The van der Waals surface area contributed by atoms with Crippen LogP contribution >= 0.6 is 0 Å². The van der Waals surface area contributed by atoms with Crippen molar-refractivity contribution in [1.29, 1.82) is 0 Å². The molecule has 3 aromatic rings. The number of nitrogens with one attached hydrogen (secondary N) is 2. The number of hydrogen-bond acceptors (Lipinski definition) is 9. The van der Waals surface area contributed by atoms with Gasteiger partial charge in [-0.2, -0.15) is 0 Å². The van der Waals surface area contributed by atoms with Crippen LogP contribution in [0.5, 0.6) is 5.75 Å². The molecule has 1 fully saturated rings. The Hall–Kier alpha value is -4.22. The highest BCUT2D eigenvalue weighted by Crippen LogP contribution is 2.34. The van der Waals surface area contributed by atoms with Crippen LogP contribution in [-0.2, 0) is 20.9 Å². The molecule has 1 aliphatic rings. The summed E-state index contributed by atoms with van der Waals surface area (Å²) in [6, 6.07) is 14.3. The van der Waals surface area contributed by atoms with Crippen LogP contribution < -0.4 is 21.3 Å². The van der Waals surface area contributed by atoms with Gasteiger partial charge in [-0.1, -0.05) is 18.2 Å². The molecule has 2 aromatic carbocycles. The largest absolute Gasteiger partial charge is 0.489 e. The molecule has 0 unspecified atom stereocenters. The Bertz CT molecular complexity index is 1400. The van der Waals surface area contributed by atoms with Crippen molar-refractivity contribution >= 4 is 34.4 Å². The number of rotatable bonds is 10. The van der Waals surface area contributed by atoms with Gasteiger partial charge in [0.2, 0.25) is 5.91 Å². The number of anilines is 1. The maximum absolute atomic E-state index is 12.3. The number of nitrogens with zero attached hydrogens (tertiary/aromatic N) is 2. The quantitative estimate of drug-likeness (QED) is 0.170. The first kappa shape index (κ1) is 28.8. The van der Waals surface area contributed by atoms with Crippen molar-refractivity contribution in [2.75, 3.05) is 25.5 Å². The highest BCUT2D eigenvalue weighted by atomic mass is 16.5. The minimum absolute atomic E-state index is 0.0600. The van der Waals surface area contributed by atoms with Gasteiger partial charge < -0.3 is 20.5 Å². The number of hydrogen-bond donors (Lipinski definition) is 4. The molecule has 0 aliphatic carbocycles. The number of hydroxylamine groups is 1. The van der Waals surface area contributed by atoms with Crippen molar-refractivity contribution in [3.05, 3.63) is 65.4 Å². The zero-order valence-electron chi connectivity index (χ0n) is 22.9. The van der Waals surface area contributed by atoms with Gasteiger partial charge in [0.05, 0.1) is 30.3 Å². The minimum atomic E-state index is -0.819. The maximum atomic E-state index is 12.3. The number of aryl methyl sites for hydroxylation is 1. The molecule has 1 atom stereocenters. The molecule has 4 rings (SSSR count). The SMILES string of the molecule is COC(=O)[C@H](C)N1CCC(CC(=O)NO)(Nc2cc(OCc3cc(C)nc4ccccc34)ccc2C(N)=O)CC1. The van der Waals surface area contributed by atoms with Gasteiger partial charge >= 0.3 is 5.97 Å². The van der Waals surface area contributed by atoms with Crippen molar-refractivity contribution in [1.82, 2.24) is 15.4 Å². The summed E-state index contributed by atoms with van der Waals surface area (Å²) in [6.07, 6.45) is 0.843. The van der Waals surface area contributed by atoms with Crippen LogP contribution in [-0.4, -0.2) is 64.7 Å². The number of benzene rings is 2. The molecule has 1 saturated heterocycles. The van der Waals surface area contributed by atoms with Crippen molar-refractivity contribution in [3.8, 4) is 5.75 Å². The number of primary amides is 1. The summed E-state index contributed by atoms with van der Waals surface area (Å²) in [5.74, 6) is -1.05. The van der Waals surface area contributed by atoms with Gasteiger partial charge in [0.25, 0.3) is 5.91 Å². The van der Waals surface area contributed by atoms with Gasteiger partial charge in [-0.05, 0) is 51.0 Å². The van der Waals surface area contributed by atoms with Crippen LogP contribution in [0.3, 0.4) is 0 Å². The molecule has 11 heteroatoms. The normalized spacial score (nSPS) is 15.7. The lowest BCUT2D eigenvalue weighted by Crippen LogP contribution is -2.54. The van der Waals surface area contributed by atoms with E-state index in [0.29, 0.717) is 37.4 Å². The van der Waals surface area contributed by atoms with E-state index in [9.17, 15) is 19.6 Å². The molecule has 11 nitrogen and oxygen atoms in total. The lowest BCUT2D eigenvalue weighted by atomic mass is 9.83. The Morgan fingerprint density at radius 1 is 1.15 bits per heavy atom. The number of para-hydroxylation sites is 1. The van der Waals surface area contributed by atoms with Crippen molar-refractivity contribution < 1.29 is 29.1 Å². The summed E-state index contributed by atoms with van der Waals surface area (Å²) in [5.41, 5.74) is 9.96. The van der Waals surface area contributed by atoms with Crippen molar-refractivity contribution in [2.45, 2.75) is 51.3 Å². The van der Waals surface area contributed by atoms with E-state index in [2.05, 4.69) is 10.3 Å². The highest BCUT2D eigenvalue weighted by Gasteiger charge is 2.39. The molecule has 0 radical (unpaired) electrons. The van der Waals surface area contributed by atoms with Gasteiger partial charge in [0.15, 0.2) is 0 Å². The third-order valence-corrected chi connectivity index (χ3v) is 7.45. The number of piperidine rings is 1. The zero-order valence-corrected chi connectivity index (χ0v) is 22.9. The molecule has 2 amide bonds. The molecule has 1 aliphatic heterocycles. The average molecular weight is 550 g/mol. The third-order valence-electron chi connectivity index (χ3n) is 7.45. The van der Waals surface area contributed by atoms with Crippen LogP contribution in [0.1, 0.15) is 47.8 Å². The van der Waals surface area contributed by atoms with Crippen molar-refractivity contribution in [2.24, 2.45) is 5.73 Å². The average Bonchev–Trinajstić information content (AvgIpc) is 2.95. The fraction of sp³-hybridized carbons (Fsp3) is 0.379. The molecule has 1 aromatic heterocycles. The number of pyridine rings is 1. The van der Waals surface area contributed by atoms with Gasteiger partial charge in [0.1, 0.15) is 18.4 Å². The van der Waals surface area contributed by atoms with Crippen LogP contribution in [0.25, 0.3) is 10.9 Å². The summed E-state index contributed by atoms with van der Waals surface area (Å²) in [5, 5.41) is 13.6. The van der Waals surface area contributed by atoms with Gasteiger partial charge in [-0.25, -0.2) is 5.48 Å². The first-order valence-corrected chi connectivity index (χ1v) is 13.1. The number of carbonyl (C=O) groups is 3. The molecular formula is C29H35N5O6. The van der Waals surface area contributed by atoms with Crippen LogP contribution in [0, 0.1) is 6.92 Å². The summed E-state index contributed by atoms with van der Waals surface area (Å²) in [4.78, 5) is 43.2. The summed E-state index contributed by atoms with van der Waals surface area (Å²) >= 11 is 0. The first-order chi connectivity index (χ1) is 19.1. The van der Waals surface area contributed by atoms with Gasteiger partial charge in [-0.3, -0.25) is 29.5 Å². The lowest BCUT2D eigenvalue weighted by Gasteiger charge is -2.44. The van der Waals surface area contributed by atoms with Crippen LogP contribution in [0.15, 0.2) is 48.5 Å². The van der Waals surface area contributed by atoms with E-state index in [1.165, 1.54) is 7.11 Å². The Labute approximate surface area is 232 Å². The summed E-state index contributed by atoms with van der Waals surface area (Å²) in [6.45, 7) is 4.94. The van der Waals surface area contributed by atoms with Crippen molar-refractivity contribution in [3.63, 3.8) is 0 Å². The Kier molecular flexibility index (Phi) is 8.86. The Morgan fingerprint density at radius 2 is 1.88 bits per heavy atom. The molecule has 5 N–H and O–H groups in total. The number of aromatic nitrogens is 1. The number of amides is 2. The van der Waals surface area contributed by atoms with E-state index >= 15 is 0 Å². The lowest BCUT2D eigenvalue weighted by molar-refractivity contribution is -0.147. The van der Waals surface area contributed by atoms with Gasteiger partial charge in [-0.15, -0.1) is 0 Å². The van der Waals surface area contributed by atoms with E-state index < -0.39 is 23.4 Å². The van der Waals surface area contributed by atoms with Crippen LogP contribution in [0.2, 0.25) is 0 Å². The van der Waals surface area contributed by atoms with E-state index in [1.807, 2.05) is 42.2 Å². The number of fused-ring (bicyclic) bond motifs is 1. The predicted octanol–water partition coefficient (Wildman–Crippen LogP) is 2.92. The predicted molar refractivity (Wildman–Crippen MR) is 149 cm³/mol.